The highest BCUT2D eigenvalue weighted by atomic mass is 79.9. The van der Waals surface area contributed by atoms with Gasteiger partial charge in [0, 0.05) is 6.04 Å². The van der Waals surface area contributed by atoms with Gasteiger partial charge in [0.2, 0.25) is 0 Å². The third-order valence-electron chi connectivity index (χ3n) is 3.82. The van der Waals surface area contributed by atoms with Crippen LogP contribution in [0.1, 0.15) is 51.1 Å². The summed E-state index contributed by atoms with van der Waals surface area (Å²) in [5.74, 6) is 1.72. The van der Waals surface area contributed by atoms with Crippen LogP contribution in [0.25, 0.3) is 0 Å². The summed E-state index contributed by atoms with van der Waals surface area (Å²) in [4.78, 5) is 0. The van der Waals surface area contributed by atoms with Gasteiger partial charge >= 0.3 is 0 Å². The van der Waals surface area contributed by atoms with Crippen LogP contribution in [0.15, 0.2) is 15.2 Å². The molecule has 0 bridgehead atoms. The lowest BCUT2D eigenvalue weighted by atomic mass is 9.77. The summed E-state index contributed by atoms with van der Waals surface area (Å²) in [7, 11) is 0. The van der Waals surface area contributed by atoms with Crippen LogP contribution in [0.3, 0.4) is 0 Å². The van der Waals surface area contributed by atoms with E-state index < -0.39 is 0 Å². The first-order valence-electron chi connectivity index (χ1n) is 6.68. The highest BCUT2D eigenvalue weighted by Gasteiger charge is 2.27. The van der Waals surface area contributed by atoms with Crippen LogP contribution in [0.5, 0.6) is 0 Å². The number of hydrogen-bond acceptors (Lipinski definition) is 2. The van der Waals surface area contributed by atoms with Crippen molar-refractivity contribution in [1.82, 2.24) is 5.32 Å². The van der Waals surface area contributed by atoms with Crippen molar-refractivity contribution in [3.8, 4) is 0 Å². The summed E-state index contributed by atoms with van der Waals surface area (Å²) in [6, 6.07) is 2.85. The first-order valence-corrected chi connectivity index (χ1v) is 8.35. The van der Waals surface area contributed by atoms with Gasteiger partial charge in [-0.1, -0.05) is 26.7 Å². The summed E-state index contributed by atoms with van der Waals surface area (Å²) >= 11 is 5.38. The third kappa shape index (κ3) is 3.55. The third-order valence-corrected chi connectivity index (χ3v) is 5.34. The molecule has 1 aliphatic rings. The molecule has 0 saturated heterocycles. The molecule has 3 heteroatoms. The van der Waals surface area contributed by atoms with Crippen molar-refractivity contribution in [1.29, 1.82) is 0 Å². The van der Waals surface area contributed by atoms with Crippen LogP contribution in [0.2, 0.25) is 0 Å². The summed E-state index contributed by atoms with van der Waals surface area (Å²) < 4.78 is 1.25. The Labute approximate surface area is 117 Å². The Hall–Kier alpha value is 0.140. The van der Waals surface area contributed by atoms with Crippen LogP contribution in [-0.4, -0.2) is 6.54 Å². The van der Waals surface area contributed by atoms with Gasteiger partial charge in [0.25, 0.3) is 0 Å². The molecule has 3 unspecified atom stereocenters. The van der Waals surface area contributed by atoms with Crippen molar-refractivity contribution < 1.29 is 0 Å². The van der Waals surface area contributed by atoms with E-state index in [1.165, 1.54) is 35.0 Å². The molecule has 0 spiro atoms. The molecule has 0 amide bonds. The maximum Gasteiger partial charge on any atom is 0.0701 e. The smallest absolute Gasteiger partial charge is 0.0701 e. The van der Waals surface area contributed by atoms with Gasteiger partial charge in [-0.2, -0.15) is 0 Å². The zero-order valence-electron chi connectivity index (χ0n) is 10.7. The van der Waals surface area contributed by atoms with Gasteiger partial charge in [-0.3, -0.25) is 0 Å². The van der Waals surface area contributed by atoms with Crippen molar-refractivity contribution >= 4 is 27.3 Å². The average molecular weight is 316 g/mol. The minimum absolute atomic E-state index is 0.560. The van der Waals surface area contributed by atoms with Crippen LogP contribution < -0.4 is 5.32 Å². The Kier molecular flexibility index (Phi) is 5.07. The van der Waals surface area contributed by atoms with Crippen molar-refractivity contribution in [3.63, 3.8) is 0 Å². The first-order chi connectivity index (χ1) is 8.20. The predicted molar refractivity (Wildman–Crippen MR) is 79.6 cm³/mol. The Balaban J connectivity index is 2.10. The number of hydrogen-bond donors (Lipinski definition) is 1. The molecule has 17 heavy (non-hydrogen) atoms. The highest BCUT2D eigenvalue weighted by Crippen LogP contribution is 2.38. The molecule has 0 aliphatic heterocycles. The topological polar surface area (TPSA) is 12.0 Å². The Morgan fingerprint density at radius 2 is 2.35 bits per heavy atom. The fraction of sp³-hybridized carbons (Fsp3) is 0.714. The maximum absolute atomic E-state index is 3.69. The molecule has 1 aliphatic carbocycles. The molecule has 1 fully saturated rings. The zero-order valence-corrected chi connectivity index (χ0v) is 13.1. The lowest BCUT2D eigenvalue weighted by Crippen LogP contribution is -2.30. The second-order valence-corrected chi connectivity index (χ2v) is 7.54. The molecule has 1 saturated carbocycles. The van der Waals surface area contributed by atoms with E-state index in [1.54, 1.807) is 11.3 Å². The number of thiophene rings is 1. The minimum Gasteiger partial charge on any atom is -0.310 e. The second kappa shape index (κ2) is 6.35. The molecular formula is C14H22BrNS. The lowest BCUT2D eigenvalue weighted by molar-refractivity contribution is 0.225. The number of nitrogens with one attached hydrogen (secondary N) is 1. The summed E-state index contributed by atoms with van der Waals surface area (Å²) in [5, 5.41) is 5.99. The van der Waals surface area contributed by atoms with E-state index in [4.69, 9.17) is 0 Å². The van der Waals surface area contributed by atoms with Gasteiger partial charge < -0.3 is 5.32 Å². The van der Waals surface area contributed by atoms with E-state index in [0.717, 1.165) is 18.4 Å². The molecule has 3 atom stereocenters. The quantitative estimate of drug-likeness (QED) is 0.825. The molecular weight excluding hydrogens is 294 g/mol. The van der Waals surface area contributed by atoms with Crippen molar-refractivity contribution in [2.75, 3.05) is 6.54 Å². The van der Waals surface area contributed by atoms with E-state index in [1.807, 2.05) is 0 Å². The molecule has 1 aromatic rings. The fourth-order valence-electron chi connectivity index (χ4n) is 3.05. The number of halogens is 1. The van der Waals surface area contributed by atoms with Crippen LogP contribution >= 0.6 is 27.3 Å². The Bertz CT molecular complexity index is 350. The first kappa shape index (κ1) is 13.6. The van der Waals surface area contributed by atoms with E-state index >= 15 is 0 Å². The summed E-state index contributed by atoms with van der Waals surface area (Å²) in [6.45, 7) is 5.67. The van der Waals surface area contributed by atoms with Crippen LogP contribution in [0, 0.1) is 11.8 Å². The fourth-order valence-corrected chi connectivity index (χ4v) is 4.26. The van der Waals surface area contributed by atoms with E-state index in [-0.39, 0.29) is 0 Å². The zero-order chi connectivity index (χ0) is 12.3. The van der Waals surface area contributed by atoms with Crippen molar-refractivity contribution in [2.24, 2.45) is 11.8 Å². The van der Waals surface area contributed by atoms with Gasteiger partial charge in [-0.15, -0.1) is 11.3 Å². The highest BCUT2D eigenvalue weighted by molar-refractivity contribution is 9.11. The summed E-state index contributed by atoms with van der Waals surface area (Å²) in [6.07, 6.45) is 5.59. The molecule has 96 valence electrons. The van der Waals surface area contributed by atoms with Gasteiger partial charge in [-0.05, 0) is 64.2 Å². The standard InChI is InChI=1S/C14H22BrNS/c1-3-16-14(12-8-13(15)17-9-12)11-6-4-5-10(2)7-11/h8-11,14,16H,3-7H2,1-2H3. The Morgan fingerprint density at radius 1 is 1.53 bits per heavy atom. The second-order valence-electron chi connectivity index (χ2n) is 5.25. The molecule has 1 N–H and O–H groups in total. The van der Waals surface area contributed by atoms with Crippen LogP contribution in [-0.2, 0) is 0 Å². The van der Waals surface area contributed by atoms with Gasteiger partial charge in [0.05, 0.1) is 3.79 Å². The van der Waals surface area contributed by atoms with E-state index in [2.05, 4.69) is 46.5 Å². The molecule has 0 aromatic carbocycles. The van der Waals surface area contributed by atoms with Crippen molar-refractivity contribution in [3.05, 3.63) is 20.8 Å². The molecule has 0 radical (unpaired) electrons. The molecule has 1 nitrogen and oxygen atoms in total. The van der Waals surface area contributed by atoms with E-state index in [9.17, 15) is 0 Å². The largest absolute Gasteiger partial charge is 0.310 e. The molecule has 2 rings (SSSR count). The van der Waals surface area contributed by atoms with Crippen molar-refractivity contribution in [2.45, 2.75) is 45.6 Å². The van der Waals surface area contributed by atoms with Gasteiger partial charge in [-0.25, -0.2) is 0 Å². The number of rotatable bonds is 4. The predicted octanol–water partition coefficient (Wildman–Crippen LogP) is 4.99. The van der Waals surface area contributed by atoms with Crippen LogP contribution in [0.4, 0.5) is 0 Å². The summed E-state index contributed by atoms with van der Waals surface area (Å²) in [5.41, 5.74) is 1.47. The average Bonchev–Trinajstić information content (AvgIpc) is 2.72. The molecule has 1 heterocycles. The maximum atomic E-state index is 3.69. The normalized spacial score (nSPS) is 27.0. The lowest BCUT2D eigenvalue weighted by Gasteiger charge is -2.33. The van der Waals surface area contributed by atoms with E-state index in [0.29, 0.717) is 6.04 Å². The molecule has 1 aromatic heterocycles. The minimum atomic E-state index is 0.560. The SMILES string of the molecule is CCNC(c1csc(Br)c1)C1CCCC(C)C1. The monoisotopic (exact) mass is 315 g/mol. The Morgan fingerprint density at radius 3 is 2.94 bits per heavy atom. The van der Waals surface area contributed by atoms with Gasteiger partial charge in [0.15, 0.2) is 0 Å². The van der Waals surface area contributed by atoms with Gasteiger partial charge in [0.1, 0.15) is 0 Å².